The maximum atomic E-state index is 12.8. The molecule has 0 bridgehead atoms. The summed E-state index contributed by atoms with van der Waals surface area (Å²) in [5.41, 5.74) is 0.767. The fourth-order valence-electron chi connectivity index (χ4n) is 2.82. The third kappa shape index (κ3) is 5.77. The van der Waals surface area contributed by atoms with Gasteiger partial charge in [-0.2, -0.15) is 0 Å². The van der Waals surface area contributed by atoms with Gasteiger partial charge in [0.15, 0.2) is 6.10 Å². The van der Waals surface area contributed by atoms with Crippen molar-refractivity contribution in [2.24, 2.45) is 0 Å². The highest BCUT2D eigenvalue weighted by molar-refractivity contribution is 6.01. The Kier molecular flexibility index (Phi) is 8.30. The van der Waals surface area contributed by atoms with Crippen molar-refractivity contribution in [1.29, 1.82) is 0 Å². The number of nitrogens with one attached hydrogen (secondary N) is 1. The average molecular weight is 415 g/mol. The average Bonchev–Trinajstić information content (AvgIpc) is 2.75. The van der Waals surface area contributed by atoms with Crippen molar-refractivity contribution in [2.75, 3.05) is 37.0 Å². The molecular weight excluding hydrogens is 390 g/mol. The zero-order chi connectivity index (χ0) is 22.1. The van der Waals surface area contributed by atoms with Crippen LogP contribution in [0.1, 0.15) is 24.2 Å². The highest BCUT2D eigenvalue weighted by Crippen LogP contribution is 2.24. The summed E-state index contributed by atoms with van der Waals surface area (Å²) in [6, 6.07) is 12.9. The summed E-state index contributed by atoms with van der Waals surface area (Å²) in [7, 11) is 1.53. The molecule has 2 aromatic carbocycles. The summed E-state index contributed by atoms with van der Waals surface area (Å²) in [6.45, 7) is 4.45. The first kappa shape index (κ1) is 22.8. The number of anilines is 2. The Balaban J connectivity index is 2.21. The van der Waals surface area contributed by atoms with Crippen LogP contribution in [-0.2, 0) is 14.3 Å². The number of ether oxygens (including phenoxy) is 2. The van der Waals surface area contributed by atoms with E-state index >= 15 is 0 Å². The number of carbonyl (C=O) groups is 2. The van der Waals surface area contributed by atoms with Gasteiger partial charge in [0.1, 0.15) is 0 Å². The first-order valence-electron chi connectivity index (χ1n) is 9.47. The Labute approximate surface area is 174 Å². The number of nitrogens with zero attached hydrogens (tertiary/aromatic N) is 2. The molecule has 0 saturated heterocycles. The number of nitro benzene ring substituents is 1. The largest absolute Gasteiger partial charge is 0.449 e. The Morgan fingerprint density at radius 2 is 1.90 bits per heavy atom. The maximum absolute atomic E-state index is 12.8. The number of methoxy groups -OCH3 is 1. The van der Waals surface area contributed by atoms with E-state index in [2.05, 4.69) is 5.32 Å². The molecule has 0 radical (unpaired) electrons. The van der Waals surface area contributed by atoms with E-state index < -0.39 is 22.9 Å². The van der Waals surface area contributed by atoms with Crippen LogP contribution in [0.4, 0.5) is 17.1 Å². The lowest BCUT2D eigenvalue weighted by Gasteiger charge is -2.24. The summed E-state index contributed by atoms with van der Waals surface area (Å²) in [4.78, 5) is 37.6. The van der Waals surface area contributed by atoms with E-state index in [1.54, 1.807) is 12.1 Å². The van der Waals surface area contributed by atoms with Gasteiger partial charge in [-0.25, -0.2) is 4.79 Å². The van der Waals surface area contributed by atoms with Crippen LogP contribution in [0, 0.1) is 10.1 Å². The van der Waals surface area contributed by atoms with E-state index in [1.807, 2.05) is 25.1 Å². The Morgan fingerprint density at radius 1 is 1.20 bits per heavy atom. The SMILES string of the molecule is CCN(C(=O)[C@@H](C)OC(=O)c1cc([N+](=O)[O-])ccc1NCCOC)c1ccccc1. The predicted molar refractivity (Wildman–Crippen MR) is 113 cm³/mol. The summed E-state index contributed by atoms with van der Waals surface area (Å²) < 4.78 is 10.3. The van der Waals surface area contributed by atoms with Gasteiger partial charge in [0.25, 0.3) is 11.6 Å². The number of carbonyl (C=O) groups excluding carboxylic acids is 2. The third-order valence-electron chi connectivity index (χ3n) is 4.34. The molecule has 0 saturated carbocycles. The molecule has 0 aromatic heterocycles. The molecule has 30 heavy (non-hydrogen) atoms. The van der Waals surface area contributed by atoms with Gasteiger partial charge in [0.2, 0.25) is 0 Å². The van der Waals surface area contributed by atoms with E-state index in [0.29, 0.717) is 31.1 Å². The number of nitro groups is 1. The Bertz CT molecular complexity index is 888. The molecule has 0 aliphatic rings. The van der Waals surface area contributed by atoms with Crippen molar-refractivity contribution in [2.45, 2.75) is 20.0 Å². The molecular formula is C21H25N3O6. The summed E-state index contributed by atoms with van der Waals surface area (Å²) in [5, 5.41) is 14.1. The lowest BCUT2D eigenvalue weighted by molar-refractivity contribution is -0.384. The van der Waals surface area contributed by atoms with Crippen LogP contribution < -0.4 is 10.2 Å². The Morgan fingerprint density at radius 3 is 2.50 bits per heavy atom. The number of esters is 1. The minimum absolute atomic E-state index is 0.0253. The zero-order valence-corrected chi connectivity index (χ0v) is 17.2. The quantitative estimate of drug-likeness (QED) is 0.274. The maximum Gasteiger partial charge on any atom is 0.341 e. The lowest BCUT2D eigenvalue weighted by atomic mass is 10.1. The molecule has 9 heteroatoms. The van der Waals surface area contributed by atoms with Gasteiger partial charge in [-0.05, 0) is 32.0 Å². The highest BCUT2D eigenvalue weighted by atomic mass is 16.6. The molecule has 9 nitrogen and oxygen atoms in total. The number of para-hydroxylation sites is 1. The minimum atomic E-state index is -1.08. The van der Waals surface area contributed by atoms with Crippen LogP contribution in [0.15, 0.2) is 48.5 Å². The fraction of sp³-hybridized carbons (Fsp3) is 0.333. The predicted octanol–water partition coefficient (Wildman–Crippen LogP) is 3.25. The molecule has 0 aliphatic carbocycles. The highest BCUT2D eigenvalue weighted by Gasteiger charge is 2.26. The topological polar surface area (TPSA) is 111 Å². The molecule has 1 atom stereocenters. The van der Waals surface area contributed by atoms with Gasteiger partial charge in [0, 0.05) is 43.7 Å². The monoisotopic (exact) mass is 415 g/mol. The number of benzene rings is 2. The van der Waals surface area contributed by atoms with Gasteiger partial charge in [-0.3, -0.25) is 14.9 Å². The van der Waals surface area contributed by atoms with Crippen molar-refractivity contribution < 1.29 is 24.0 Å². The second-order valence-corrected chi connectivity index (χ2v) is 6.37. The number of amides is 1. The second-order valence-electron chi connectivity index (χ2n) is 6.37. The van der Waals surface area contributed by atoms with Gasteiger partial charge in [-0.1, -0.05) is 18.2 Å². The number of hydrogen-bond acceptors (Lipinski definition) is 7. The van der Waals surface area contributed by atoms with E-state index in [4.69, 9.17) is 9.47 Å². The van der Waals surface area contributed by atoms with Crippen molar-refractivity contribution in [3.63, 3.8) is 0 Å². The summed E-state index contributed by atoms with van der Waals surface area (Å²) in [5.74, 6) is -1.22. The number of likely N-dealkylation sites (N-methyl/N-ethyl adjacent to an activating group) is 1. The first-order valence-corrected chi connectivity index (χ1v) is 9.47. The molecule has 2 aromatic rings. The second kappa shape index (κ2) is 10.9. The normalized spacial score (nSPS) is 11.4. The third-order valence-corrected chi connectivity index (χ3v) is 4.34. The van der Waals surface area contributed by atoms with E-state index in [-0.39, 0.29) is 11.3 Å². The smallest absolute Gasteiger partial charge is 0.341 e. The number of rotatable bonds is 10. The molecule has 0 heterocycles. The van der Waals surface area contributed by atoms with Crippen molar-refractivity contribution in [1.82, 2.24) is 0 Å². The van der Waals surface area contributed by atoms with E-state index in [1.165, 1.54) is 31.1 Å². The van der Waals surface area contributed by atoms with Crippen LogP contribution in [0.2, 0.25) is 0 Å². The molecule has 0 aliphatic heterocycles. The summed E-state index contributed by atoms with van der Waals surface area (Å²) in [6.07, 6.45) is -1.08. The standard InChI is InChI=1S/C21H25N3O6/c1-4-23(16-8-6-5-7-9-16)20(25)15(2)30-21(26)18-14-17(24(27)28)10-11-19(18)22-12-13-29-3/h5-11,14-15,22H,4,12-13H2,1-3H3/t15-/m1/s1. The van der Waals surface area contributed by atoms with Crippen molar-refractivity contribution in [3.8, 4) is 0 Å². The molecule has 0 spiro atoms. The minimum Gasteiger partial charge on any atom is -0.449 e. The Hall–Kier alpha value is -3.46. The molecule has 160 valence electrons. The van der Waals surface area contributed by atoms with Gasteiger partial charge in [0.05, 0.1) is 17.1 Å². The van der Waals surface area contributed by atoms with Crippen LogP contribution in [0.3, 0.4) is 0 Å². The number of non-ortho nitro benzene ring substituents is 1. The molecule has 2 rings (SSSR count). The van der Waals surface area contributed by atoms with Gasteiger partial charge < -0.3 is 19.7 Å². The van der Waals surface area contributed by atoms with E-state index in [9.17, 15) is 19.7 Å². The number of hydrogen-bond donors (Lipinski definition) is 1. The fourth-order valence-corrected chi connectivity index (χ4v) is 2.82. The summed E-state index contributed by atoms with van der Waals surface area (Å²) >= 11 is 0. The van der Waals surface area contributed by atoms with E-state index in [0.717, 1.165) is 6.07 Å². The first-order chi connectivity index (χ1) is 14.4. The van der Waals surface area contributed by atoms with Crippen molar-refractivity contribution in [3.05, 3.63) is 64.2 Å². The van der Waals surface area contributed by atoms with Gasteiger partial charge in [-0.15, -0.1) is 0 Å². The molecule has 1 N–H and O–H groups in total. The molecule has 0 fully saturated rings. The lowest BCUT2D eigenvalue weighted by Crippen LogP contribution is -2.40. The van der Waals surface area contributed by atoms with Crippen LogP contribution in [-0.4, -0.2) is 49.7 Å². The van der Waals surface area contributed by atoms with Gasteiger partial charge >= 0.3 is 5.97 Å². The molecule has 1 amide bonds. The molecule has 0 unspecified atom stereocenters. The van der Waals surface area contributed by atoms with Crippen molar-refractivity contribution >= 4 is 28.9 Å². The zero-order valence-electron chi connectivity index (χ0n) is 17.2. The van der Waals surface area contributed by atoms with Crippen LogP contribution in [0.25, 0.3) is 0 Å². The van der Waals surface area contributed by atoms with Crippen LogP contribution in [0.5, 0.6) is 0 Å². The van der Waals surface area contributed by atoms with Crippen LogP contribution >= 0.6 is 0 Å².